The van der Waals surface area contributed by atoms with Crippen LogP contribution < -0.4 is 9.64 Å². The van der Waals surface area contributed by atoms with E-state index in [0.717, 1.165) is 77.2 Å². The van der Waals surface area contributed by atoms with Gasteiger partial charge in [0.05, 0.1) is 12.5 Å². The second-order valence-corrected chi connectivity index (χ2v) is 9.32. The number of cyclic esters (lactones) is 1. The van der Waals surface area contributed by atoms with Crippen LogP contribution in [-0.4, -0.2) is 80.5 Å². The van der Waals surface area contributed by atoms with Crippen molar-refractivity contribution in [3.63, 3.8) is 0 Å². The molecule has 3 heterocycles. The Morgan fingerprint density at radius 3 is 2.41 bits per heavy atom. The molecular formula is C22H33N3O3S. The van der Waals surface area contributed by atoms with Crippen molar-refractivity contribution in [3.05, 3.63) is 24.3 Å². The molecule has 0 saturated carbocycles. The molecule has 3 saturated heterocycles. The average Bonchev–Trinajstić information content (AvgIpc) is 3.08. The molecule has 3 aliphatic rings. The third-order valence-electron chi connectivity index (χ3n) is 6.84. The number of piperidine rings is 1. The van der Waals surface area contributed by atoms with Gasteiger partial charge in [0, 0.05) is 57.9 Å². The minimum atomic E-state index is -0.204. The molecule has 0 amide bonds. The minimum absolute atomic E-state index is 0.0626. The van der Waals surface area contributed by atoms with E-state index in [1.54, 1.807) is 19.1 Å². The lowest BCUT2D eigenvalue weighted by Gasteiger charge is -2.36. The fourth-order valence-corrected chi connectivity index (χ4v) is 5.40. The monoisotopic (exact) mass is 419 g/mol. The molecule has 0 radical (unpaired) electrons. The number of carbonyl (C=O) groups excluding carboxylic acids is 1. The molecule has 1 aromatic rings. The van der Waals surface area contributed by atoms with Gasteiger partial charge in [0.1, 0.15) is 11.9 Å². The number of carbonyl (C=O) groups is 1. The van der Waals surface area contributed by atoms with Gasteiger partial charge in [-0.3, -0.25) is 14.0 Å². The van der Waals surface area contributed by atoms with Crippen LogP contribution in [0.2, 0.25) is 0 Å². The zero-order valence-electron chi connectivity index (χ0n) is 17.6. The molecule has 160 valence electrons. The highest BCUT2D eigenvalue weighted by molar-refractivity contribution is 7.96. The van der Waals surface area contributed by atoms with Gasteiger partial charge in [0.15, 0.2) is 0 Å². The number of hydrogen-bond acceptors (Lipinski definition) is 7. The van der Waals surface area contributed by atoms with E-state index in [1.165, 1.54) is 5.69 Å². The number of hydrogen-bond donors (Lipinski definition) is 0. The number of methoxy groups -OCH3 is 1. The van der Waals surface area contributed by atoms with Crippen molar-refractivity contribution < 1.29 is 14.3 Å². The Kier molecular flexibility index (Phi) is 6.56. The fraction of sp³-hybridized carbons (Fsp3) is 0.682. The van der Waals surface area contributed by atoms with Crippen LogP contribution in [0.1, 0.15) is 25.7 Å². The van der Waals surface area contributed by atoms with E-state index >= 15 is 0 Å². The number of piperazine rings is 1. The average molecular weight is 420 g/mol. The quantitative estimate of drug-likeness (QED) is 0.519. The summed E-state index contributed by atoms with van der Waals surface area (Å²) in [5.41, 5.74) is 1.05. The first kappa shape index (κ1) is 20.8. The molecule has 0 bridgehead atoms. The second-order valence-electron chi connectivity index (χ2n) is 8.44. The summed E-state index contributed by atoms with van der Waals surface area (Å²) in [6, 6.07) is 8.31. The Morgan fingerprint density at radius 2 is 1.79 bits per heavy atom. The van der Waals surface area contributed by atoms with E-state index in [1.807, 2.05) is 12.1 Å². The molecule has 0 aliphatic carbocycles. The molecule has 4 rings (SSSR count). The predicted molar refractivity (Wildman–Crippen MR) is 118 cm³/mol. The van der Waals surface area contributed by atoms with Gasteiger partial charge in [-0.05, 0) is 49.8 Å². The van der Waals surface area contributed by atoms with Crippen molar-refractivity contribution in [2.24, 2.45) is 5.41 Å². The smallest absolute Gasteiger partial charge is 0.312 e. The van der Waals surface area contributed by atoms with Crippen LogP contribution in [0.5, 0.6) is 5.75 Å². The summed E-state index contributed by atoms with van der Waals surface area (Å²) in [6.45, 7) is 7.19. The second kappa shape index (κ2) is 9.14. The normalized spacial score (nSPS) is 25.4. The van der Waals surface area contributed by atoms with Crippen LogP contribution >= 0.6 is 11.9 Å². The van der Waals surface area contributed by atoms with Crippen LogP contribution in [0.15, 0.2) is 24.3 Å². The molecule has 1 spiro atoms. The van der Waals surface area contributed by atoms with Crippen LogP contribution in [0.3, 0.4) is 0 Å². The van der Waals surface area contributed by atoms with Gasteiger partial charge in [0.25, 0.3) is 0 Å². The Labute approximate surface area is 178 Å². The van der Waals surface area contributed by atoms with Crippen molar-refractivity contribution in [1.82, 2.24) is 9.21 Å². The zero-order valence-corrected chi connectivity index (χ0v) is 18.5. The third-order valence-corrected chi connectivity index (χ3v) is 7.72. The Morgan fingerprint density at radius 1 is 1.10 bits per heavy atom. The number of nitrogens with zero attached hydrogens (tertiary/aromatic N) is 3. The first-order chi connectivity index (χ1) is 14.1. The maximum atomic E-state index is 12.6. The molecule has 0 N–H and O–H groups in total. The van der Waals surface area contributed by atoms with Gasteiger partial charge >= 0.3 is 5.97 Å². The lowest BCUT2D eigenvalue weighted by atomic mass is 9.76. The molecule has 6 nitrogen and oxygen atoms in total. The largest absolute Gasteiger partial charge is 0.497 e. The number of rotatable bonds is 6. The SMILES string of the molecule is COc1ccc(N2CCN(CCC3CC4(CCN(SC)CC4)C(=O)O3)CC2)cc1. The van der Waals surface area contributed by atoms with E-state index in [-0.39, 0.29) is 17.5 Å². The van der Waals surface area contributed by atoms with Gasteiger partial charge < -0.3 is 14.4 Å². The highest BCUT2D eigenvalue weighted by Crippen LogP contribution is 2.44. The molecule has 3 aliphatic heterocycles. The van der Waals surface area contributed by atoms with Gasteiger partial charge in [-0.15, -0.1) is 0 Å². The maximum absolute atomic E-state index is 12.6. The first-order valence-electron chi connectivity index (χ1n) is 10.7. The predicted octanol–water partition coefficient (Wildman–Crippen LogP) is 2.88. The Hall–Kier alpha value is -1.44. The highest BCUT2D eigenvalue weighted by Gasteiger charge is 2.50. The molecule has 29 heavy (non-hydrogen) atoms. The van der Waals surface area contributed by atoms with Crippen molar-refractivity contribution in [2.75, 3.05) is 64.1 Å². The molecule has 3 fully saturated rings. The lowest BCUT2D eigenvalue weighted by molar-refractivity contribution is -0.150. The summed E-state index contributed by atoms with van der Waals surface area (Å²) in [4.78, 5) is 17.5. The number of anilines is 1. The fourth-order valence-electron chi connectivity index (χ4n) is 4.85. The molecule has 7 heteroatoms. The van der Waals surface area contributed by atoms with E-state index in [9.17, 15) is 4.79 Å². The van der Waals surface area contributed by atoms with Crippen molar-refractivity contribution >= 4 is 23.6 Å². The van der Waals surface area contributed by atoms with E-state index in [4.69, 9.17) is 9.47 Å². The molecule has 1 atom stereocenters. The molecule has 0 aromatic heterocycles. The number of esters is 1. The standard InChI is InChI=1S/C22H33N3O3S/c1-27-19-5-3-18(4-6-19)24-15-13-23(14-16-24)10-7-20-17-22(21(26)28-20)8-11-25(29-2)12-9-22/h3-6,20H,7-17H2,1-2H3. The topological polar surface area (TPSA) is 45.2 Å². The van der Waals surface area contributed by atoms with E-state index in [0.29, 0.717) is 0 Å². The van der Waals surface area contributed by atoms with Crippen LogP contribution in [0.25, 0.3) is 0 Å². The number of benzene rings is 1. The van der Waals surface area contributed by atoms with Gasteiger partial charge in [0.2, 0.25) is 0 Å². The highest BCUT2D eigenvalue weighted by atomic mass is 32.2. The molecule has 1 aromatic carbocycles. The van der Waals surface area contributed by atoms with Crippen LogP contribution in [0, 0.1) is 5.41 Å². The third kappa shape index (κ3) is 4.67. The Bertz CT molecular complexity index is 683. The molecular weight excluding hydrogens is 386 g/mol. The first-order valence-corrected chi connectivity index (χ1v) is 11.9. The van der Waals surface area contributed by atoms with Gasteiger partial charge in [-0.2, -0.15) is 0 Å². The van der Waals surface area contributed by atoms with Gasteiger partial charge in [-0.1, -0.05) is 11.9 Å². The summed E-state index contributed by atoms with van der Waals surface area (Å²) in [5.74, 6) is 0.961. The summed E-state index contributed by atoms with van der Waals surface area (Å²) in [5, 5.41) is 0. The summed E-state index contributed by atoms with van der Waals surface area (Å²) < 4.78 is 13.4. The summed E-state index contributed by atoms with van der Waals surface area (Å²) in [7, 11) is 1.70. The minimum Gasteiger partial charge on any atom is -0.497 e. The van der Waals surface area contributed by atoms with E-state index < -0.39 is 0 Å². The van der Waals surface area contributed by atoms with Gasteiger partial charge in [-0.25, -0.2) is 0 Å². The summed E-state index contributed by atoms with van der Waals surface area (Å²) in [6.07, 6.45) is 5.99. The van der Waals surface area contributed by atoms with Crippen molar-refractivity contribution in [1.29, 1.82) is 0 Å². The number of ether oxygens (including phenoxy) is 2. The van der Waals surface area contributed by atoms with E-state index in [2.05, 4.69) is 32.5 Å². The van der Waals surface area contributed by atoms with Crippen LogP contribution in [0.4, 0.5) is 5.69 Å². The van der Waals surface area contributed by atoms with Crippen molar-refractivity contribution in [2.45, 2.75) is 31.8 Å². The van der Waals surface area contributed by atoms with Crippen LogP contribution in [-0.2, 0) is 9.53 Å². The lowest BCUT2D eigenvalue weighted by Crippen LogP contribution is -2.47. The zero-order chi connectivity index (χ0) is 20.3. The Balaban J connectivity index is 1.21. The maximum Gasteiger partial charge on any atom is 0.312 e. The van der Waals surface area contributed by atoms with Crippen molar-refractivity contribution in [3.8, 4) is 5.75 Å². The summed E-state index contributed by atoms with van der Waals surface area (Å²) >= 11 is 1.78. The molecule has 1 unspecified atom stereocenters.